The normalized spacial score (nSPS) is 12.2. The third-order valence-corrected chi connectivity index (χ3v) is 3.72. The van der Waals surface area contributed by atoms with E-state index in [1.54, 1.807) is 0 Å². The molecule has 0 aliphatic rings. The molecule has 0 fully saturated rings. The van der Waals surface area contributed by atoms with Crippen molar-refractivity contribution < 1.29 is 9.53 Å². The minimum Gasteiger partial charge on any atom is -0.469 e. The number of aryl methyl sites for hydroxylation is 1. The van der Waals surface area contributed by atoms with E-state index in [9.17, 15) is 4.79 Å². The number of carbonyl (C=O) groups is 1. The van der Waals surface area contributed by atoms with Gasteiger partial charge in [-0.15, -0.1) is 11.6 Å². The average Bonchev–Trinajstić information content (AvgIpc) is 2.45. The van der Waals surface area contributed by atoms with E-state index < -0.39 is 0 Å². The lowest BCUT2D eigenvalue weighted by Crippen LogP contribution is -2.12. The summed E-state index contributed by atoms with van der Waals surface area (Å²) in [5, 5.41) is -0.196. The first kappa shape index (κ1) is 17.0. The number of halogens is 1. The van der Waals surface area contributed by atoms with Crippen LogP contribution in [-0.2, 0) is 22.4 Å². The smallest absolute Gasteiger partial charge is 0.307 e. The zero-order valence-corrected chi connectivity index (χ0v) is 13.3. The van der Waals surface area contributed by atoms with E-state index in [-0.39, 0.29) is 17.8 Å². The Labute approximate surface area is 127 Å². The molecule has 1 atom stereocenters. The summed E-state index contributed by atoms with van der Waals surface area (Å²) in [4.78, 5) is 11.1. The Hall–Kier alpha value is -1.02. The number of rotatable bonds is 9. The van der Waals surface area contributed by atoms with E-state index in [2.05, 4.69) is 35.9 Å². The van der Waals surface area contributed by atoms with Crippen molar-refractivity contribution in [3.63, 3.8) is 0 Å². The van der Waals surface area contributed by atoms with Gasteiger partial charge >= 0.3 is 5.97 Å². The summed E-state index contributed by atoms with van der Waals surface area (Å²) in [6, 6.07) is 8.57. The topological polar surface area (TPSA) is 26.3 Å². The zero-order valence-electron chi connectivity index (χ0n) is 12.5. The molecule has 1 aromatic carbocycles. The van der Waals surface area contributed by atoms with Crippen LogP contribution in [0.1, 0.15) is 50.2 Å². The quantitative estimate of drug-likeness (QED) is 0.380. The molecule has 2 nitrogen and oxygen atoms in total. The van der Waals surface area contributed by atoms with Gasteiger partial charge in [0.25, 0.3) is 0 Å². The monoisotopic (exact) mass is 296 g/mol. The number of carbonyl (C=O) groups excluding carboxylic acids is 1. The van der Waals surface area contributed by atoms with Crippen LogP contribution in [0.25, 0.3) is 0 Å². The second-order valence-electron chi connectivity index (χ2n) is 5.21. The van der Waals surface area contributed by atoms with Crippen molar-refractivity contribution >= 4 is 17.6 Å². The number of esters is 1. The van der Waals surface area contributed by atoms with Gasteiger partial charge < -0.3 is 4.74 Å². The highest BCUT2D eigenvalue weighted by Gasteiger charge is 2.11. The minimum atomic E-state index is -0.252. The third kappa shape index (κ3) is 6.95. The Balaban J connectivity index is 2.36. The van der Waals surface area contributed by atoms with Gasteiger partial charge in [0, 0.05) is 5.38 Å². The molecule has 20 heavy (non-hydrogen) atoms. The molecule has 0 spiro atoms. The molecular formula is C17H25ClO2. The van der Waals surface area contributed by atoms with Gasteiger partial charge in [0.15, 0.2) is 0 Å². The fourth-order valence-corrected chi connectivity index (χ4v) is 2.49. The van der Waals surface area contributed by atoms with Crippen molar-refractivity contribution in [2.75, 3.05) is 7.11 Å². The van der Waals surface area contributed by atoms with Crippen LogP contribution in [0.15, 0.2) is 24.3 Å². The number of ether oxygens (including phenoxy) is 1. The van der Waals surface area contributed by atoms with Crippen LogP contribution < -0.4 is 0 Å². The maximum atomic E-state index is 11.1. The molecule has 0 radical (unpaired) electrons. The Morgan fingerprint density at radius 3 is 2.40 bits per heavy atom. The predicted octanol–water partition coefficient (Wildman–Crippen LogP) is 4.52. The lowest BCUT2D eigenvalue weighted by molar-refractivity contribution is -0.140. The summed E-state index contributed by atoms with van der Waals surface area (Å²) in [6.07, 6.45) is 7.26. The molecule has 1 unspecified atom stereocenters. The molecule has 0 N–H and O–H groups in total. The molecule has 1 aromatic rings. The van der Waals surface area contributed by atoms with Gasteiger partial charge in [0.1, 0.15) is 0 Å². The van der Waals surface area contributed by atoms with Gasteiger partial charge in [-0.05, 0) is 30.4 Å². The molecule has 0 bridgehead atoms. The number of unbranched alkanes of at least 4 members (excludes halogenated alkanes) is 3. The predicted molar refractivity (Wildman–Crippen MR) is 84.3 cm³/mol. The second kappa shape index (κ2) is 9.82. The molecular weight excluding hydrogens is 272 g/mol. The lowest BCUT2D eigenvalue weighted by Gasteiger charge is -2.09. The van der Waals surface area contributed by atoms with E-state index in [1.807, 2.05) is 0 Å². The lowest BCUT2D eigenvalue weighted by atomic mass is 10.0. The fraction of sp³-hybridized carbons (Fsp3) is 0.588. The molecule has 0 aliphatic carbocycles. The van der Waals surface area contributed by atoms with E-state index in [4.69, 9.17) is 11.6 Å². The highest BCUT2D eigenvalue weighted by Crippen LogP contribution is 2.14. The minimum absolute atomic E-state index is 0.196. The molecule has 0 heterocycles. The van der Waals surface area contributed by atoms with Gasteiger partial charge in [0.05, 0.1) is 13.5 Å². The molecule has 0 aliphatic heterocycles. The zero-order chi connectivity index (χ0) is 14.8. The Bertz CT molecular complexity index is 386. The van der Waals surface area contributed by atoms with Crippen molar-refractivity contribution in [2.24, 2.45) is 0 Å². The number of hydrogen-bond acceptors (Lipinski definition) is 2. The summed E-state index contributed by atoms with van der Waals surface area (Å²) in [5.74, 6) is -0.252. The Morgan fingerprint density at radius 2 is 1.80 bits per heavy atom. The summed E-state index contributed by atoms with van der Waals surface area (Å²) in [7, 11) is 1.39. The van der Waals surface area contributed by atoms with E-state index in [1.165, 1.54) is 43.9 Å². The summed E-state index contributed by atoms with van der Waals surface area (Å²) < 4.78 is 4.62. The fourth-order valence-electron chi connectivity index (χ4n) is 2.19. The van der Waals surface area contributed by atoms with Gasteiger partial charge in [-0.1, -0.05) is 50.5 Å². The van der Waals surface area contributed by atoms with Crippen molar-refractivity contribution in [1.29, 1.82) is 0 Å². The highest BCUT2D eigenvalue weighted by atomic mass is 35.5. The first-order chi connectivity index (χ1) is 9.65. The van der Waals surface area contributed by atoms with Crippen molar-refractivity contribution in [3.8, 4) is 0 Å². The third-order valence-electron chi connectivity index (χ3n) is 3.41. The maximum absolute atomic E-state index is 11.1. The number of alkyl halides is 1. The van der Waals surface area contributed by atoms with Gasteiger partial charge in [-0.3, -0.25) is 4.79 Å². The molecule has 0 saturated carbocycles. The first-order valence-electron chi connectivity index (χ1n) is 7.44. The molecule has 0 amide bonds. The van der Waals surface area contributed by atoms with Crippen molar-refractivity contribution in [2.45, 2.75) is 57.2 Å². The largest absolute Gasteiger partial charge is 0.469 e. The molecule has 112 valence electrons. The highest BCUT2D eigenvalue weighted by molar-refractivity contribution is 6.21. The van der Waals surface area contributed by atoms with Crippen molar-refractivity contribution in [1.82, 2.24) is 0 Å². The summed E-state index contributed by atoms with van der Waals surface area (Å²) in [5.41, 5.74) is 2.55. The Morgan fingerprint density at radius 1 is 1.15 bits per heavy atom. The van der Waals surface area contributed by atoms with Crippen LogP contribution in [-0.4, -0.2) is 18.5 Å². The molecule has 0 aromatic heterocycles. The Kier molecular flexibility index (Phi) is 8.36. The van der Waals surface area contributed by atoms with E-state index in [0.717, 1.165) is 6.42 Å². The van der Waals surface area contributed by atoms with Gasteiger partial charge in [-0.2, -0.15) is 0 Å². The van der Waals surface area contributed by atoms with Crippen LogP contribution in [0.4, 0.5) is 0 Å². The SMILES string of the molecule is CCCCCCc1ccc(CC(Cl)CC(=O)OC)cc1. The first-order valence-corrected chi connectivity index (χ1v) is 7.88. The second-order valence-corrected chi connectivity index (χ2v) is 5.83. The van der Waals surface area contributed by atoms with Crippen LogP contribution in [0.3, 0.4) is 0 Å². The number of benzene rings is 1. The number of methoxy groups -OCH3 is 1. The maximum Gasteiger partial charge on any atom is 0.307 e. The van der Waals surface area contributed by atoms with E-state index >= 15 is 0 Å². The number of hydrogen-bond donors (Lipinski definition) is 0. The van der Waals surface area contributed by atoms with Crippen LogP contribution in [0.2, 0.25) is 0 Å². The van der Waals surface area contributed by atoms with Gasteiger partial charge in [-0.25, -0.2) is 0 Å². The summed E-state index contributed by atoms with van der Waals surface area (Å²) in [6.45, 7) is 2.23. The standard InChI is InChI=1S/C17H25ClO2/c1-3-4-5-6-7-14-8-10-15(11-9-14)12-16(18)13-17(19)20-2/h8-11,16H,3-7,12-13H2,1-2H3. The summed E-state index contributed by atoms with van der Waals surface area (Å²) >= 11 is 6.15. The van der Waals surface area contributed by atoms with Crippen molar-refractivity contribution in [3.05, 3.63) is 35.4 Å². The van der Waals surface area contributed by atoms with Crippen LogP contribution in [0.5, 0.6) is 0 Å². The average molecular weight is 297 g/mol. The van der Waals surface area contributed by atoms with Crippen LogP contribution >= 0.6 is 11.6 Å². The molecule has 1 rings (SSSR count). The van der Waals surface area contributed by atoms with E-state index in [0.29, 0.717) is 6.42 Å². The van der Waals surface area contributed by atoms with Gasteiger partial charge in [0.2, 0.25) is 0 Å². The van der Waals surface area contributed by atoms with Crippen LogP contribution in [0, 0.1) is 0 Å². The molecule has 0 saturated heterocycles. The molecule has 3 heteroatoms.